The van der Waals surface area contributed by atoms with Crippen LogP contribution in [0.3, 0.4) is 0 Å². The lowest BCUT2D eigenvalue weighted by Crippen LogP contribution is -2.16. The predicted molar refractivity (Wildman–Crippen MR) is 111 cm³/mol. The molecule has 0 saturated carbocycles. The molecule has 3 aromatic heterocycles. The molecule has 0 radical (unpaired) electrons. The fraction of sp³-hybridized carbons (Fsp3) is 0.250. The van der Waals surface area contributed by atoms with Gasteiger partial charge in [-0.25, -0.2) is 13.4 Å². The summed E-state index contributed by atoms with van der Waals surface area (Å²) >= 11 is 0. The Labute approximate surface area is 177 Å². The van der Waals surface area contributed by atoms with Crippen LogP contribution in [0.15, 0.2) is 52.3 Å². The number of fused-ring (bicyclic) bond motifs is 3. The van der Waals surface area contributed by atoms with Crippen LogP contribution in [0.1, 0.15) is 17.5 Å². The third-order valence-corrected chi connectivity index (χ3v) is 6.42. The molecule has 1 aliphatic heterocycles. The lowest BCUT2D eigenvalue weighted by Gasteiger charge is -2.21. The van der Waals surface area contributed by atoms with E-state index in [1.807, 2.05) is 23.0 Å². The second kappa shape index (κ2) is 7.58. The Bertz CT molecular complexity index is 1350. The van der Waals surface area contributed by atoms with Crippen LogP contribution in [0, 0.1) is 0 Å². The van der Waals surface area contributed by atoms with Gasteiger partial charge in [0.25, 0.3) is 10.0 Å². The molecule has 0 saturated heterocycles. The van der Waals surface area contributed by atoms with Crippen molar-refractivity contribution in [3.8, 4) is 11.6 Å². The van der Waals surface area contributed by atoms with Gasteiger partial charge in [0.2, 0.25) is 5.88 Å². The Balaban J connectivity index is 1.59. The molecule has 4 heterocycles. The number of rotatable bonds is 6. The Morgan fingerprint density at radius 2 is 2.19 bits per heavy atom. The first-order chi connectivity index (χ1) is 15.1. The van der Waals surface area contributed by atoms with Gasteiger partial charge in [-0.2, -0.15) is 5.10 Å². The minimum atomic E-state index is -4.02. The van der Waals surface area contributed by atoms with E-state index < -0.39 is 10.0 Å². The molecule has 1 aromatic carbocycles. The van der Waals surface area contributed by atoms with Crippen molar-refractivity contribution in [2.75, 3.05) is 18.4 Å². The summed E-state index contributed by atoms with van der Waals surface area (Å²) in [6, 6.07) is 6.64. The van der Waals surface area contributed by atoms with E-state index >= 15 is 0 Å². The quantitative estimate of drug-likeness (QED) is 0.485. The van der Waals surface area contributed by atoms with Crippen molar-refractivity contribution in [2.24, 2.45) is 0 Å². The van der Waals surface area contributed by atoms with Gasteiger partial charge < -0.3 is 14.0 Å². The molecule has 10 nitrogen and oxygen atoms in total. The number of hydrogen-bond acceptors (Lipinski definition) is 8. The summed E-state index contributed by atoms with van der Waals surface area (Å²) in [7, 11) is -2.67. The van der Waals surface area contributed by atoms with Crippen LogP contribution in [0.25, 0.3) is 11.0 Å². The normalized spacial score (nSPS) is 13.6. The highest BCUT2D eigenvalue weighted by molar-refractivity contribution is 7.92. The van der Waals surface area contributed by atoms with Crippen LogP contribution in [0.5, 0.6) is 11.6 Å². The van der Waals surface area contributed by atoms with Crippen molar-refractivity contribution in [3.63, 3.8) is 0 Å². The number of sulfonamides is 1. The molecular formula is C20H19N5O5S. The van der Waals surface area contributed by atoms with Gasteiger partial charge in [0.05, 0.1) is 20.3 Å². The molecule has 31 heavy (non-hydrogen) atoms. The average Bonchev–Trinajstić information content (AvgIpc) is 3.44. The van der Waals surface area contributed by atoms with E-state index in [-0.39, 0.29) is 16.6 Å². The standard InChI is InChI=1S/C20H19N5O5S/c1-28-20-16(6-2-7-21-20)31(26,27)24-19-17-15(30-23-19)11-13(12-25-9-4-8-22-25)14-5-3-10-29-18(14)17/h2,4,6-9,11H,3,5,10,12H2,1H3,(H,23,24). The third kappa shape index (κ3) is 3.46. The summed E-state index contributed by atoms with van der Waals surface area (Å²) < 4.78 is 46.8. The Morgan fingerprint density at radius 1 is 1.29 bits per heavy atom. The maximum Gasteiger partial charge on any atom is 0.268 e. The van der Waals surface area contributed by atoms with Gasteiger partial charge in [-0.15, -0.1) is 0 Å². The molecule has 0 atom stereocenters. The van der Waals surface area contributed by atoms with Gasteiger partial charge in [0, 0.05) is 24.2 Å². The number of aromatic nitrogens is 4. The molecule has 1 N–H and O–H groups in total. The molecule has 1 aliphatic rings. The zero-order valence-corrected chi connectivity index (χ0v) is 17.4. The molecule has 0 spiro atoms. The van der Waals surface area contributed by atoms with Crippen LogP contribution in [0.4, 0.5) is 5.82 Å². The minimum Gasteiger partial charge on any atom is -0.492 e. The SMILES string of the molecule is COc1ncccc1S(=O)(=O)Nc1noc2cc(Cn3cccn3)c3c(c12)OCCC3. The number of methoxy groups -OCH3 is 1. The molecule has 0 amide bonds. The van der Waals surface area contributed by atoms with Crippen molar-refractivity contribution in [1.29, 1.82) is 0 Å². The topological polar surface area (TPSA) is 121 Å². The van der Waals surface area contributed by atoms with Crippen LogP contribution in [-0.4, -0.2) is 42.1 Å². The second-order valence-electron chi connectivity index (χ2n) is 7.02. The van der Waals surface area contributed by atoms with Gasteiger partial charge in [0.15, 0.2) is 11.4 Å². The lowest BCUT2D eigenvalue weighted by molar-refractivity contribution is 0.291. The first-order valence-corrected chi connectivity index (χ1v) is 11.1. The van der Waals surface area contributed by atoms with Gasteiger partial charge in [-0.3, -0.25) is 9.40 Å². The summed E-state index contributed by atoms with van der Waals surface area (Å²) in [5, 5.41) is 8.73. The summed E-state index contributed by atoms with van der Waals surface area (Å²) in [6.07, 6.45) is 6.71. The van der Waals surface area contributed by atoms with Crippen LogP contribution >= 0.6 is 0 Å². The lowest BCUT2D eigenvalue weighted by atomic mass is 9.97. The van der Waals surface area contributed by atoms with Crippen molar-refractivity contribution in [1.82, 2.24) is 19.9 Å². The van der Waals surface area contributed by atoms with Gasteiger partial charge in [-0.05, 0) is 42.7 Å². The maximum atomic E-state index is 13.0. The number of ether oxygens (including phenoxy) is 2. The van der Waals surface area contributed by atoms with E-state index in [9.17, 15) is 8.42 Å². The molecule has 0 bridgehead atoms. The van der Waals surface area contributed by atoms with Crippen LogP contribution < -0.4 is 14.2 Å². The average molecular weight is 441 g/mol. The van der Waals surface area contributed by atoms with Crippen molar-refractivity contribution < 1.29 is 22.4 Å². The maximum absolute atomic E-state index is 13.0. The van der Waals surface area contributed by atoms with Gasteiger partial charge >= 0.3 is 0 Å². The van der Waals surface area contributed by atoms with E-state index in [0.29, 0.717) is 29.9 Å². The Morgan fingerprint density at radius 3 is 3.00 bits per heavy atom. The van der Waals surface area contributed by atoms with Crippen molar-refractivity contribution in [3.05, 3.63) is 54.0 Å². The minimum absolute atomic E-state index is 0.0115. The zero-order chi connectivity index (χ0) is 21.4. The summed E-state index contributed by atoms with van der Waals surface area (Å²) in [6.45, 7) is 1.07. The molecule has 160 valence electrons. The molecular weight excluding hydrogens is 422 g/mol. The zero-order valence-electron chi connectivity index (χ0n) is 16.6. The van der Waals surface area contributed by atoms with Crippen molar-refractivity contribution in [2.45, 2.75) is 24.3 Å². The second-order valence-corrected chi connectivity index (χ2v) is 8.67. The third-order valence-electron chi connectivity index (χ3n) is 5.07. The van der Waals surface area contributed by atoms with Crippen molar-refractivity contribution >= 4 is 26.8 Å². The van der Waals surface area contributed by atoms with Gasteiger partial charge in [-0.1, -0.05) is 5.16 Å². The highest BCUT2D eigenvalue weighted by Gasteiger charge is 2.28. The highest BCUT2D eigenvalue weighted by atomic mass is 32.2. The molecule has 0 aliphatic carbocycles. The van der Waals surface area contributed by atoms with E-state index in [0.717, 1.165) is 24.0 Å². The number of nitrogens with one attached hydrogen (secondary N) is 1. The highest BCUT2D eigenvalue weighted by Crippen LogP contribution is 2.41. The smallest absolute Gasteiger partial charge is 0.268 e. The number of nitrogens with zero attached hydrogens (tertiary/aromatic N) is 4. The fourth-order valence-corrected chi connectivity index (χ4v) is 4.84. The fourth-order valence-electron chi connectivity index (χ4n) is 3.71. The summed E-state index contributed by atoms with van der Waals surface area (Å²) in [5.41, 5.74) is 2.42. The van der Waals surface area contributed by atoms with E-state index in [1.165, 1.54) is 25.4 Å². The molecule has 11 heteroatoms. The van der Waals surface area contributed by atoms with E-state index in [1.54, 1.807) is 6.20 Å². The first kappa shape index (κ1) is 19.4. The predicted octanol–water partition coefficient (Wildman–Crippen LogP) is 2.60. The largest absolute Gasteiger partial charge is 0.492 e. The number of benzene rings is 1. The van der Waals surface area contributed by atoms with E-state index in [4.69, 9.17) is 14.0 Å². The van der Waals surface area contributed by atoms with Crippen LogP contribution in [-0.2, 0) is 23.0 Å². The van der Waals surface area contributed by atoms with Gasteiger partial charge in [0.1, 0.15) is 16.0 Å². The Hall–Kier alpha value is -3.60. The summed E-state index contributed by atoms with van der Waals surface area (Å²) in [5.74, 6) is 0.635. The summed E-state index contributed by atoms with van der Waals surface area (Å²) in [4.78, 5) is 3.86. The Kier molecular flexibility index (Phi) is 4.74. The monoisotopic (exact) mass is 441 g/mol. The molecule has 0 unspecified atom stereocenters. The molecule has 0 fully saturated rings. The first-order valence-electron chi connectivity index (χ1n) is 9.63. The molecule has 5 rings (SSSR count). The number of hydrogen-bond donors (Lipinski definition) is 1. The number of pyridine rings is 1. The van der Waals surface area contributed by atoms with Crippen LogP contribution in [0.2, 0.25) is 0 Å². The molecule has 4 aromatic rings. The number of anilines is 1. The van der Waals surface area contributed by atoms with E-state index in [2.05, 4.69) is 20.0 Å².